The lowest BCUT2D eigenvalue weighted by molar-refractivity contribution is 0.325. The van der Waals surface area contributed by atoms with Gasteiger partial charge in [-0.3, -0.25) is 0 Å². The van der Waals surface area contributed by atoms with Gasteiger partial charge < -0.3 is 11.1 Å². The highest BCUT2D eigenvalue weighted by atomic mass is 14.9. The first-order valence-corrected chi connectivity index (χ1v) is 9.33. The van der Waals surface area contributed by atoms with Gasteiger partial charge in [0.1, 0.15) is 0 Å². The number of hydrogen-bond acceptors (Lipinski definition) is 2. The first-order valence-electron chi connectivity index (χ1n) is 9.33. The third-order valence-corrected chi connectivity index (χ3v) is 4.76. The lowest BCUT2D eigenvalue weighted by Crippen LogP contribution is -2.47. The SMILES string of the molecule is CCCCCCCCCCCCN[C@@H]1CCCC[C@H]1N. The van der Waals surface area contributed by atoms with Gasteiger partial charge in [-0.15, -0.1) is 0 Å². The Kier molecular flexibility index (Phi) is 11.4. The fraction of sp³-hybridized carbons (Fsp3) is 1.00. The van der Waals surface area contributed by atoms with Crippen molar-refractivity contribution in [2.75, 3.05) is 6.54 Å². The molecule has 0 heterocycles. The van der Waals surface area contributed by atoms with Crippen LogP contribution in [0.1, 0.15) is 96.8 Å². The van der Waals surface area contributed by atoms with E-state index in [9.17, 15) is 0 Å². The van der Waals surface area contributed by atoms with Crippen molar-refractivity contribution in [2.45, 2.75) is 109 Å². The topological polar surface area (TPSA) is 38.0 Å². The molecule has 0 aromatic heterocycles. The van der Waals surface area contributed by atoms with E-state index in [4.69, 9.17) is 5.73 Å². The van der Waals surface area contributed by atoms with Gasteiger partial charge in [0, 0.05) is 12.1 Å². The summed E-state index contributed by atoms with van der Waals surface area (Å²) in [7, 11) is 0. The van der Waals surface area contributed by atoms with Gasteiger partial charge >= 0.3 is 0 Å². The Morgan fingerprint density at radius 2 is 1.35 bits per heavy atom. The molecular weight excluding hydrogens is 244 g/mol. The maximum atomic E-state index is 6.15. The monoisotopic (exact) mass is 282 g/mol. The van der Waals surface area contributed by atoms with Crippen molar-refractivity contribution in [3.8, 4) is 0 Å². The van der Waals surface area contributed by atoms with Gasteiger partial charge in [0.2, 0.25) is 0 Å². The van der Waals surface area contributed by atoms with Gasteiger partial charge in [-0.25, -0.2) is 0 Å². The smallest absolute Gasteiger partial charge is 0.0219 e. The lowest BCUT2D eigenvalue weighted by Gasteiger charge is -2.29. The van der Waals surface area contributed by atoms with Crippen LogP contribution in [0.2, 0.25) is 0 Å². The molecule has 0 radical (unpaired) electrons. The van der Waals surface area contributed by atoms with Crippen LogP contribution in [-0.4, -0.2) is 18.6 Å². The third kappa shape index (κ3) is 8.97. The van der Waals surface area contributed by atoms with E-state index >= 15 is 0 Å². The molecule has 1 aliphatic carbocycles. The Balaban J connectivity index is 1.78. The highest BCUT2D eigenvalue weighted by Gasteiger charge is 2.20. The second-order valence-electron chi connectivity index (χ2n) is 6.69. The van der Waals surface area contributed by atoms with Crippen LogP contribution in [0.15, 0.2) is 0 Å². The van der Waals surface area contributed by atoms with Crippen LogP contribution in [0.3, 0.4) is 0 Å². The molecule has 20 heavy (non-hydrogen) atoms. The summed E-state index contributed by atoms with van der Waals surface area (Å²) in [6.45, 7) is 3.46. The van der Waals surface area contributed by atoms with Crippen molar-refractivity contribution < 1.29 is 0 Å². The van der Waals surface area contributed by atoms with E-state index in [2.05, 4.69) is 12.2 Å². The minimum atomic E-state index is 0.409. The van der Waals surface area contributed by atoms with Gasteiger partial charge in [0.25, 0.3) is 0 Å². The van der Waals surface area contributed by atoms with Gasteiger partial charge in [-0.2, -0.15) is 0 Å². The number of nitrogens with one attached hydrogen (secondary N) is 1. The first kappa shape index (κ1) is 18.0. The van der Waals surface area contributed by atoms with E-state index in [1.807, 2.05) is 0 Å². The van der Waals surface area contributed by atoms with Crippen LogP contribution in [0.4, 0.5) is 0 Å². The molecular formula is C18H38N2. The molecule has 1 saturated carbocycles. The molecule has 1 fully saturated rings. The highest BCUT2D eigenvalue weighted by molar-refractivity contribution is 4.83. The van der Waals surface area contributed by atoms with E-state index in [0.29, 0.717) is 12.1 Å². The number of hydrogen-bond donors (Lipinski definition) is 2. The second kappa shape index (κ2) is 12.6. The average molecular weight is 283 g/mol. The van der Waals surface area contributed by atoms with Gasteiger partial charge in [0.15, 0.2) is 0 Å². The van der Waals surface area contributed by atoms with Crippen LogP contribution in [0.25, 0.3) is 0 Å². The Morgan fingerprint density at radius 1 is 0.800 bits per heavy atom. The predicted octanol–water partition coefficient (Wildman–Crippen LogP) is 4.77. The summed E-state index contributed by atoms with van der Waals surface area (Å²) < 4.78 is 0. The number of nitrogens with two attached hydrogens (primary N) is 1. The second-order valence-corrected chi connectivity index (χ2v) is 6.69. The average Bonchev–Trinajstić information content (AvgIpc) is 2.46. The Morgan fingerprint density at radius 3 is 1.95 bits per heavy atom. The van der Waals surface area contributed by atoms with Crippen molar-refractivity contribution >= 4 is 0 Å². The minimum Gasteiger partial charge on any atom is -0.326 e. The van der Waals surface area contributed by atoms with E-state index in [1.54, 1.807) is 0 Å². The first-order chi connectivity index (χ1) is 9.84. The Bertz CT molecular complexity index is 206. The summed E-state index contributed by atoms with van der Waals surface area (Å²) in [6.07, 6.45) is 19.4. The molecule has 0 unspecified atom stereocenters. The molecule has 2 atom stereocenters. The van der Waals surface area contributed by atoms with E-state index < -0.39 is 0 Å². The largest absolute Gasteiger partial charge is 0.326 e. The molecule has 0 spiro atoms. The van der Waals surface area contributed by atoms with Crippen molar-refractivity contribution in [3.05, 3.63) is 0 Å². The molecule has 0 aliphatic heterocycles. The fourth-order valence-electron chi connectivity index (χ4n) is 3.31. The molecule has 0 aromatic rings. The van der Waals surface area contributed by atoms with E-state index in [-0.39, 0.29) is 0 Å². The molecule has 0 amide bonds. The van der Waals surface area contributed by atoms with Crippen LogP contribution in [0.5, 0.6) is 0 Å². The molecule has 120 valence electrons. The maximum Gasteiger partial charge on any atom is 0.0219 e. The summed E-state index contributed by atoms with van der Waals surface area (Å²) in [5.41, 5.74) is 6.15. The predicted molar refractivity (Wildman–Crippen MR) is 90.1 cm³/mol. The van der Waals surface area contributed by atoms with Crippen molar-refractivity contribution in [1.82, 2.24) is 5.32 Å². The van der Waals surface area contributed by atoms with Crippen molar-refractivity contribution in [3.63, 3.8) is 0 Å². The minimum absolute atomic E-state index is 0.409. The Labute approximate surface area is 127 Å². The van der Waals surface area contributed by atoms with E-state index in [1.165, 1.54) is 96.4 Å². The van der Waals surface area contributed by atoms with Crippen molar-refractivity contribution in [1.29, 1.82) is 0 Å². The molecule has 3 N–H and O–H groups in total. The summed E-state index contributed by atoms with van der Waals surface area (Å²) in [4.78, 5) is 0. The van der Waals surface area contributed by atoms with Gasteiger partial charge in [-0.1, -0.05) is 77.6 Å². The maximum absolute atomic E-state index is 6.15. The lowest BCUT2D eigenvalue weighted by atomic mass is 9.91. The van der Waals surface area contributed by atoms with Crippen LogP contribution in [0, 0.1) is 0 Å². The number of rotatable bonds is 12. The summed E-state index contributed by atoms with van der Waals surface area (Å²) in [5, 5.41) is 3.67. The number of unbranched alkanes of at least 4 members (excludes halogenated alkanes) is 9. The van der Waals surface area contributed by atoms with Crippen LogP contribution < -0.4 is 11.1 Å². The molecule has 0 saturated heterocycles. The molecule has 1 aliphatic rings. The van der Waals surface area contributed by atoms with Crippen molar-refractivity contribution in [2.24, 2.45) is 5.73 Å². The summed E-state index contributed by atoms with van der Waals surface area (Å²) >= 11 is 0. The zero-order chi connectivity index (χ0) is 14.5. The quantitative estimate of drug-likeness (QED) is 0.506. The molecule has 1 rings (SSSR count). The fourth-order valence-corrected chi connectivity index (χ4v) is 3.31. The molecule has 2 heteroatoms. The standard InChI is InChI=1S/C18H38N2/c1-2-3-4-5-6-7-8-9-10-13-16-20-18-15-12-11-14-17(18)19/h17-18,20H,2-16,19H2,1H3/t17-,18-/m1/s1. The van der Waals surface area contributed by atoms with Crippen LogP contribution in [-0.2, 0) is 0 Å². The zero-order valence-electron chi connectivity index (χ0n) is 13.8. The zero-order valence-corrected chi connectivity index (χ0v) is 13.8. The highest BCUT2D eigenvalue weighted by Crippen LogP contribution is 2.17. The molecule has 0 aromatic carbocycles. The normalized spacial score (nSPS) is 23.1. The Hall–Kier alpha value is -0.0800. The van der Waals surface area contributed by atoms with Crippen LogP contribution >= 0.6 is 0 Å². The third-order valence-electron chi connectivity index (χ3n) is 4.76. The molecule has 2 nitrogen and oxygen atoms in total. The summed E-state index contributed by atoms with van der Waals surface area (Å²) in [5.74, 6) is 0. The van der Waals surface area contributed by atoms with Gasteiger partial charge in [-0.05, 0) is 25.8 Å². The summed E-state index contributed by atoms with van der Waals surface area (Å²) in [6, 6.07) is 1.01. The van der Waals surface area contributed by atoms with Gasteiger partial charge in [0.05, 0.1) is 0 Å². The van der Waals surface area contributed by atoms with E-state index in [0.717, 1.165) is 0 Å². The molecule has 0 bridgehead atoms.